The maximum atomic E-state index is 12.9. The second-order valence-electron chi connectivity index (χ2n) is 7.66. The Balaban J connectivity index is 0.00000210. The molecule has 0 bridgehead atoms. The maximum absolute atomic E-state index is 12.9. The van der Waals surface area contributed by atoms with Gasteiger partial charge in [0.25, 0.3) is 17.7 Å². The number of carbonyl (C=O) groups excluding carboxylic acids is 3. The molecule has 0 unspecified atom stereocenters. The predicted molar refractivity (Wildman–Crippen MR) is 104 cm³/mol. The number of piperidine rings is 1. The van der Waals surface area contributed by atoms with Crippen molar-refractivity contribution in [2.45, 2.75) is 57.0 Å². The van der Waals surface area contributed by atoms with E-state index in [1.807, 2.05) is 0 Å². The zero-order valence-corrected chi connectivity index (χ0v) is 16.2. The third-order valence-electron chi connectivity index (χ3n) is 5.93. The number of carbonyl (C=O) groups is 3. The van der Waals surface area contributed by atoms with Gasteiger partial charge in [0, 0.05) is 30.7 Å². The van der Waals surface area contributed by atoms with Crippen LogP contribution in [0.4, 0.5) is 0 Å². The molecule has 0 radical (unpaired) electrons. The summed E-state index contributed by atoms with van der Waals surface area (Å²) in [6, 6.07) is 5.07. The third kappa shape index (κ3) is 3.60. The number of benzene rings is 1. The molecule has 1 aromatic rings. The Labute approximate surface area is 165 Å². The first kappa shape index (κ1) is 19.8. The van der Waals surface area contributed by atoms with Gasteiger partial charge in [0.1, 0.15) is 0 Å². The number of nitrogens with zero attached hydrogens (tertiary/aromatic N) is 2. The number of likely N-dealkylation sites (tertiary alicyclic amines) is 1. The lowest BCUT2D eigenvalue weighted by Gasteiger charge is -2.30. The first-order valence-electron chi connectivity index (χ1n) is 9.63. The molecule has 1 saturated carbocycles. The second kappa shape index (κ2) is 7.98. The van der Waals surface area contributed by atoms with Crippen LogP contribution in [-0.2, 0) is 0 Å². The van der Waals surface area contributed by atoms with Gasteiger partial charge in [-0.25, -0.2) is 0 Å². The van der Waals surface area contributed by atoms with Crippen LogP contribution in [0.5, 0.6) is 0 Å². The van der Waals surface area contributed by atoms with Gasteiger partial charge in [-0.1, -0.05) is 19.3 Å². The van der Waals surface area contributed by atoms with Gasteiger partial charge in [-0.05, 0) is 43.9 Å². The van der Waals surface area contributed by atoms with Crippen LogP contribution < -0.4 is 5.73 Å². The van der Waals surface area contributed by atoms with E-state index in [4.69, 9.17) is 5.73 Å². The minimum absolute atomic E-state index is 0. The SMILES string of the molecule is Cl.NC1CCN(C(=O)c2ccc3c(c2)C(=O)N(C2CCCCC2)C3=O)CC1. The van der Waals surface area contributed by atoms with Crippen LogP contribution in [0.2, 0.25) is 0 Å². The number of nitrogens with two attached hydrogens (primary N) is 1. The molecule has 3 amide bonds. The van der Waals surface area contributed by atoms with Crippen molar-refractivity contribution in [3.63, 3.8) is 0 Å². The molecular formula is C20H26ClN3O3. The topological polar surface area (TPSA) is 83.7 Å². The van der Waals surface area contributed by atoms with E-state index in [1.165, 1.54) is 4.90 Å². The van der Waals surface area contributed by atoms with Crippen molar-refractivity contribution in [2.24, 2.45) is 5.73 Å². The monoisotopic (exact) mass is 391 g/mol. The molecule has 0 aromatic heterocycles. The van der Waals surface area contributed by atoms with Crippen molar-refractivity contribution in [2.75, 3.05) is 13.1 Å². The van der Waals surface area contributed by atoms with Crippen molar-refractivity contribution in [1.29, 1.82) is 0 Å². The highest BCUT2D eigenvalue weighted by molar-refractivity contribution is 6.22. The first-order chi connectivity index (χ1) is 12.6. The van der Waals surface area contributed by atoms with E-state index in [-0.39, 0.29) is 42.2 Å². The van der Waals surface area contributed by atoms with Crippen molar-refractivity contribution >= 4 is 30.1 Å². The highest BCUT2D eigenvalue weighted by Crippen LogP contribution is 2.31. The lowest BCUT2D eigenvalue weighted by molar-refractivity contribution is 0.0548. The Morgan fingerprint density at radius 3 is 2.22 bits per heavy atom. The molecule has 146 valence electrons. The average molecular weight is 392 g/mol. The van der Waals surface area contributed by atoms with Gasteiger partial charge in [0.15, 0.2) is 0 Å². The summed E-state index contributed by atoms with van der Waals surface area (Å²) in [5.41, 5.74) is 7.18. The molecular weight excluding hydrogens is 366 g/mol. The van der Waals surface area contributed by atoms with E-state index in [9.17, 15) is 14.4 Å². The molecule has 4 rings (SSSR count). The number of amides is 3. The van der Waals surface area contributed by atoms with Gasteiger partial charge >= 0.3 is 0 Å². The Morgan fingerprint density at radius 1 is 0.926 bits per heavy atom. The standard InChI is InChI=1S/C20H25N3O3.ClH/c21-14-8-10-22(11-9-14)18(24)13-6-7-16-17(12-13)20(26)23(19(16)25)15-4-2-1-3-5-15;/h6-7,12,14-15H,1-5,8-11,21H2;1H. The predicted octanol–water partition coefficient (Wildman–Crippen LogP) is 2.60. The summed E-state index contributed by atoms with van der Waals surface area (Å²) in [5.74, 6) is -0.539. The Hall–Kier alpha value is -1.92. The van der Waals surface area contributed by atoms with Crippen LogP contribution in [0.25, 0.3) is 0 Å². The Morgan fingerprint density at radius 2 is 1.56 bits per heavy atom. The van der Waals surface area contributed by atoms with E-state index in [0.29, 0.717) is 29.8 Å². The van der Waals surface area contributed by atoms with Crippen molar-refractivity contribution < 1.29 is 14.4 Å². The third-order valence-corrected chi connectivity index (χ3v) is 5.93. The van der Waals surface area contributed by atoms with Gasteiger partial charge in [-0.3, -0.25) is 19.3 Å². The van der Waals surface area contributed by atoms with E-state index >= 15 is 0 Å². The Bertz CT molecular complexity index is 753. The molecule has 2 fully saturated rings. The highest BCUT2D eigenvalue weighted by atomic mass is 35.5. The van der Waals surface area contributed by atoms with Crippen LogP contribution in [-0.4, -0.2) is 52.7 Å². The van der Waals surface area contributed by atoms with Gasteiger partial charge in [-0.15, -0.1) is 12.4 Å². The number of rotatable bonds is 2. The summed E-state index contributed by atoms with van der Waals surface area (Å²) in [6.45, 7) is 1.27. The van der Waals surface area contributed by atoms with E-state index in [2.05, 4.69) is 0 Å². The number of hydrogen-bond donors (Lipinski definition) is 1. The van der Waals surface area contributed by atoms with Gasteiger partial charge < -0.3 is 10.6 Å². The maximum Gasteiger partial charge on any atom is 0.261 e. The minimum Gasteiger partial charge on any atom is -0.339 e. The zero-order chi connectivity index (χ0) is 18.3. The number of hydrogen-bond acceptors (Lipinski definition) is 4. The fourth-order valence-corrected chi connectivity index (χ4v) is 4.35. The fraction of sp³-hybridized carbons (Fsp3) is 0.550. The van der Waals surface area contributed by atoms with Crippen molar-refractivity contribution in [1.82, 2.24) is 9.80 Å². The number of fused-ring (bicyclic) bond motifs is 1. The van der Waals surface area contributed by atoms with Crippen LogP contribution in [0, 0.1) is 0 Å². The molecule has 2 N–H and O–H groups in total. The fourth-order valence-electron chi connectivity index (χ4n) is 4.35. The summed E-state index contributed by atoms with van der Waals surface area (Å²) < 4.78 is 0. The van der Waals surface area contributed by atoms with Gasteiger partial charge in [0.2, 0.25) is 0 Å². The number of halogens is 1. The lowest BCUT2D eigenvalue weighted by atomic mass is 9.94. The minimum atomic E-state index is -0.243. The summed E-state index contributed by atoms with van der Waals surface area (Å²) in [5, 5.41) is 0. The van der Waals surface area contributed by atoms with Crippen LogP contribution >= 0.6 is 12.4 Å². The lowest BCUT2D eigenvalue weighted by Crippen LogP contribution is -2.42. The molecule has 3 aliphatic rings. The van der Waals surface area contributed by atoms with E-state index in [1.54, 1.807) is 23.1 Å². The van der Waals surface area contributed by atoms with Crippen LogP contribution in [0.3, 0.4) is 0 Å². The van der Waals surface area contributed by atoms with Crippen LogP contribution in [0.1, 0.15) is 76.0 Å². The first-order valence-corrected chi connectivity index (χ1v) is 9.63. The molecule has 2 aliphatic heterocycles. The largest absolute Gasteiger partial charge is 0.339 e. The smallest absolute Gasteiger partial charge is 0.261 e. The molecule has 0 atom stereocenters. The van der Waals surface area contributed by atoms with Gasteiger partial charge in [0.05, 0.1) is 11.1 Å². The summed E-state index contributed by atoms with van der Waals surface area (Å²) >= 11 is 0. The highest BCUT2D eigenvalue weighted by Gasteiger charge is 2.40. The zero-order valence-electron chi connectivity index (χ0n) is 15.4. The summed E-state index contributed by atoms with van der Waals surface area (Å²) in [7, 11) is 0. The average Bonchev–Trinajstić information content (AvgIpc) is 2.92. The van der Waals surface area contributed by atoms with Crippen molar-refractivity contribution in [3.8, 4) is 0 Å². The van der Waals surface area contributed by atoms with E-state index in [0.717, 1.165) is 44.9 Å². The molecule has 0 spiro atoms. The molecule has 27 heavy (non-hydrogen) atoms. The molecule has 1 saturated heterocycles. The molecule has 1 aliphatic carbocycles. The van der Waals surface area contributed by atoms with Crippen LogP contribution in [0.15, 0.2) is 18.2 Å². The Kier molecular flexibility index (Phi) is 5.86. The van der Waals surface area contributed by atoms with Crippen molar-refractivity contribution in [3.05, 3.63) is 34.9 Å². The quantitative estimate of drug-likeness (QED) is 0.785. The molecule has 1 aromatic carbocycles. The summed E-state index contributed by atoms with van der Waals surface area (Å²) in [6.07, 6.45) is 6.62. The summed E-state index contributed by atoms with van der Waals surface area (Å²) in [4.78, 5) is 41.5. The molecule has 6 nitrogen and oxygen atoms in total. The van der Waals surface area contributed by atoms with E-state index < -0.39 is 0 Å². The normalized spacial score (nSPS) is 21.2. The van der Waals surface area contributed by atoms with Gasteiger partial charge in [-0.2, -0.15) is 0 Å². The number of imide groups is 1. The molecule has 7 heteroatoms. The molecule has 2 heterocycles. The second-order valence-corrected chi connectivity index (χ2v) is 7.66.